The maximum atomic E-state index is 11.8. The Bertz CT molecular complexity index is 302. The number of allylic oxidation sites excluding steroid dienone is 1. The van der Waals surface area contributed by atoms with Gasteiger partial charge in [-0.2, -0.15) is 0 Å². The quantitative estimate of drug-likeness (QED) is 0.761. The van der Waals surface area contributed by atoms with Gasteiger partial charge in [0, 0.05) is 32.1 Å². The monoisotopic (exact) mass is 238 g/mol. The molecule has 0 aromatic heterocycles. The van der Waals surface area contributed by atoms with E-state index in [1.807, 2.05) is 11.8 Å². The normalized spacial score (nSPS) is 22.4. The summed E-state index contributed by atoms with van der Waals surface area (Å²) in [6.45, 7) is 13.3. The smallest absolute Gasteiger partial charge is 0.224 e. The Morgan fingerprint density at radius 3 is 2.71 bits per heavy atom. The lowest BCUT2D eigenvalue weighted by atomic mass is 9.96. The van der Waals surface area contributed by atoms with Gasteiger partial charge < -0.3 is 10.2 Å². The molecule has 0 bridgehead atoms. The van der Waals surface area contributed by atoms with Crippen molar-refractivity contribution < 1.29 is 4.79 Å². The summed E-state index contributed by atoms with van der Waals surface area (Å²) in [5, 5.41) is 3.45. The number of amides is 1. The fraction of sp³-hybridized carbons (Fsp3) is 0.786. The number of hydrogen-bond donors (Lipinski definition) is 1. The minimum Gasteiger partial charge on any atom is -0.341 e. The third-order valence-electron chi connectivity index (χ3n) is 3.04. The topological polar surface area (TPSA) is 32.3 Å². The number of rotatable bonds is 4. The molecule has 0 radical (unpaired) electrons. The number of nitrogens with one attached hydrogen (secondary N) is 1. The van der Waals surface area contributed by atoms with Gasteiger partial charge in [-0.05, 0) is 19.3 Å². The standard InChI is InChI=1S/C14H26N2O/c1-6-11(2)8-15-12-7-13(17)16(9-12)10-14(3,4)5/h6,12,15H,7-10H2,1-5H3. The van der Waals surface area contributed by atoms with Gasteiger partial charge in [0.1, 0.15) is 0 Å². The zero-order valence-electron chi connectivity index (χ0n) is 11.8. The molecule has 1 fully saturated rings. The molecule has 1 aliphatic heterocycles. The van der Waals surface area contributed by atoms with E-state index in [9.17, 15) is 4.79 Å². The van der Waals surface area contributed by atoms with Gasteiger partial charge in [0.05, 0.1) is 0 Å². The van der Waals surface area contributed by atoms with Crippen LogP contribution < -0.4 is 5.32 Å². The molecule has 0 saturated carbocycles. The summed E-state index contributed by atoms with van der Waals surface area (Å²) in [6.07, 6.45) is 2.75. The summed E-state index contributed by atoms with van der Waals surface area (Å²) >= 11 is 0. The maximum Gasteiger partial charge on any atom is 0.224 e. The molecule has 0 aliphatic carbocycles. The van der Waals surface area contributed by atoms with E-state index in [0.29, 0.717) is 12.5 Å². The van der Waals surface area contributed by atoms with E-state index in [1.54, 1.807) is 0 Å². The number of nitrogens with zero attached hydrogens (tertiary/aromatic N) is 1. The molecule has 1 unspecified atom stereocenters. The second-order valence-electron chi connectivity index (χ2n) is 6.25. The Balaban J connectivity index is 2.41. The summed E-state index contributed by atoms with van der Waals surface area (Å²) < 4.78 is 0. The molecular formula is C14H26N2O. The SMILES string of the molecule is CC=C(C)CNC1CC(=O)N(CC(C)(C)C)C1. The van der Waals surface area contributed by atoms with E-state index in [1.165, 1.54) is 5.57 Å². The van der Waals surface area contributed by atoms with Crippen LogP contribution >= 0.6 is 0 Å². The summed E-state index contributed by atoms with van der Waals surface area (Å²) in [5.41, 5.74) is 1.51. The largest absolute Gasteiger partial charge is 0.341 e. The van der Waals surface area contributed by atoms with E-state index in [4.69, 9.17) is 0 Å². The molecule has 17 heavy (non-hydrogen) atoms. The van der Waals surface area contributed by atoms with Crippen molar-refractivity contribution in [3.8, 4) is 0 Å². The van der Waals surface area contributed by atoms with Crippen LogP contribution in [0.5, 0.6) is 0 Å². The lowest BCUT2D eigenvalue weighted by Crippen LogP contribution is -2.37. The first-order valence-corrected chi connectivity index (χ1v) is 6.45. The lowest BCUT2D eigenvalue weighted by molar-refractivity contribution is -0.128. The van der Waals surface area contributed by atoms with Gasteiger partial charge in [-0.25, -0.2) is 0 Å². The fourth-order valence-corrected chi connectivity index (χ4v) is 2.04. The van der Waals surface area contributed by atoms with Crippen LogP contribution in [0.4, 0.5) is 0 Å². The highest BCUT2D eigenvalue weighted by Crippen LogP contribution is 2.20. The van der Waals surface area contributed by atoms with Gasteiger partial charge in [-0.15, -0.1) is 0 Å². The van der Waals surface area contributed by atoms with Crippen molar-refractivity contribution in [2.24, 2.45) is 5.41 Å². The number of carbonyl (C=O) groups is 1. The van der Waals surface area contributed by atoms with Crippen LogP contribution in [0.15, 0.2) is 11.6 Å². The van der Waals surface area contributed by atoms with Crippen LogP contribution in [0.25, 0.3) is 0 Å². The molecule has 98 valence electrons. The number of carbonyl (C=O) groups excluding carboxylic acids is 1. The Morgan fingerprint density at radius 1 is 1.53 bits per heavy atom. The molecule has 1 saturated heterocycles. The van der Waals surface area contributed by atoms with Crippen molar-refractivity contribution in [3.63, 3.8) is 0 Å². The highest BCUT2D eigenvalue weighted by Gasteiger charge is 2.31. The Morgan fingerprint density at radius 2 is 2.18 bits per heavy atom. The Hall–Kier alpha value is -0.830. The first kappa shape index (κ1) is 14.2. The molecule has 3 nitrogen and oxygen atoms in total. The van der Waals surface area contributed by atoms with Gasteiger partial charge in [0.15, 0.2) is 0 Å². The molecule has 1 atom stereocenters. The average Bonchev–Trinajstić information content (AvgIpc) is 2.53. The molecule has 1 rings (SSSR count). The van der Waals surface area contributed by atoms with E-state index in [0.717, 1.165) is 19.6 Å². The van der Waals surface area contributed by atoms with Crippen molar-refractivity contribution in [3.05, 3.63) is 11.6 Å². The molecule has 3 heteroatoms. The number of hydrogen-bond acceptors (Lipinski definition) is 2. The lowest BCUT2D eigenvalue weighted by Gasteiger charge is -2.26. The predicted molar refractivity (Wildman–Crippen MR) is 71.9 cm³/mol. The highest BCUT2D eigenvalue weighted by atomic mass is 16.2. The summed E-state index contributed by atoms with van der Waals surface area (Å²) in [7, 11) is 0. The molecule has 1 aliphatic rings. The van der Waals surface area contributed by atoms with Gasteiger partial charge >= 0.3 is 0 Å². The molecule has 0 aromatic carbocycles. The minimum absolute atomic E-state index is 0.184. The zero-order chi connectivity index (χ0) is 13.1. The average molecular weight is 238 g/mol. The van der Waals surface area contributed by atoms with Gasteiger partial charge in [0.2, 0.25) is 5.91 Å². The van der Waals surface area contributed by atoms with Crippen LogP contribution in [0.2, 0.25) is 0 Å². The van der Waals surface area contributed by atoms with Gasteiger partial charge in [-0.1, -0.05) is 32.4 Å². The second-order valence-corrected chi connectivity index (χ2v) is 6.25. The van der Waals surface area contributed by atoms with E-state index < -0.39 is 0 Å². The van der Waals surface area contributed by atoms with Crippen LogP contribution in [0.3, 0.4) is 0 Å². The number of likely N-dealkylation sites (tertiary alicyclic amines) is 1. The molecular weight excluding hydrogens is 212 g/mol. The van der Waals surface area contributed by atoms with Gasteiger partial charge in [0.25, 0.3) is 0 Å². The summed E-state index contributed by atoms with van der Waals surface area (Å²) in [6, 6.07) is 0.319. The first-order valence-electron chi connectivity index (χ1n) is 6.45. The third kappa shape index (κ3) is 4.90. The fourth-order valence-electron chi connectivity index (χ4n) is 2.04. The minimum atomic E-state index is 0.184. The maximum absolute atomic E-state index is 11.8. The summed E-state index contributed by atoms with van der Waals surface area (Å²) in [5.74, 6) is 0.288. The predicted octanol–water partition coefficient (Wildman–Crippen LogP) is 2.19. The van der Waals surface area contributed by atoms with Crippen LogP contribution in [-0.2, 0) is 4.79 Å². The van der Waals surface area contributed by atoms with Crippen LogP contribution in [0.1, 0.15) is 41.0 Å². The van der Waals surface area contributed by atoms with Crippen molar-refractivity contribution >= 4 is 5.91 Å². The molecule has 1 amide bonds. The zero-order valence-corrected chi connectivity index (χ0v) is 11.8. The summed E-state index contributed by atoms with van der Waals surface area (Å²) in [4.78, 5) is 13.8. The van der Waals surface area contributed by atoms with E-state index in [2.05, 4.69) is 39.1 Å². The van der Waals surface area contributed by atoms with E-state index >= 15 is 0 Å². The molecule has 0 aromatic rings. The Labute approximate surface area is 105 Å². The highest BCUT2D eigenvalue weighted by molar-refractivity contribution is 5.79. The molecule has 0 spiro atoms. The third-order valence-corrected chi connectivity index (χ3v) is 3.04. The molecule has 1 heterocycles. The van der Waals surface area contributed by atoms with Crippen molar-refractivity contribution in [1.82, 2.24) is 10.2 Å². The Kier molecular flexibility index (Phi) is 4.75. The first-order chi connectivity index (χ1) is 7.81. The second kappa shape index (κ2) is 5.67. The molecule has 1 N–H and O–H groups in total. The van der Waals surface area contributed by atoms with E-state index in [-0.39, 0.29) is 11.3 Å². The van der Waals surface area contributed by atoms with Crippen molar-refractivity contribution in [1.29, 1.82) is 0 Å². The van der Waals surface area contributed by atoms with Crippen molar-refractivity contribution in [2.45, 2.75) is 47.1 Å². The van der Waals surface area contributed by atoms with Crippen molar-refractivity contribution in [2.75, 3.05) is 19.6 Å². The van der Waals surface area contributed by atoms with Gasteiger partial charge in [-0.3, -0.25) is 4.79 Å². The van der Waals surface area contributed by atoms with Crippen LogP contribution in [0, 0.1) is 5.41 Å². The van der Waals surface area contributed by atoms with Crippen LogP contribution in [-0.4, -0.2) is 36.5 Å².